The molecule has 0 fully saturated rings. The Morgan fingerprint density at radius 2 is 1.81 bits per heavy atom. The summed E-state index contributed by atoms with van der Waals surface area (Å²) in [5.74, 6) is -0.880. The van der Waals surface area contributed by atoms with Gasteiger partial charge in [-0.15, -0.1) is 0 Å². The van der Waals surface area contributed by atoms with Crippen molar-refractivity contribution in [2.24, 2.45) is 4.99 Å². The van der Waals surface area contributed by atoms with Crippen LogP contribution >= 0.6 is 22.9 Å². The second-order valence-corrected chi connectivity index (χ2v) is 9.51. The van der Waals surface area contributed by atoms with Crippen LogP contribution in [0, 0.1) is 0 Å². The maximum Gasteiger partial charge on any atom is 0.379 e. The van der Waals surface area contributed by atoms with E-state index in [1.54, 1.807) is 55.5 Å². The number of furan rings is 1. The SMILES string of the molecule is COC(=O)C1=C(C)N=c2sc(=Cc3ccc(Cl)cc3)c(=O)n2C1c1ccc(OC(=O)c2ccco2)cc1. The maximum atomic E-state index is 13.6. The Hall–Kier alpha value is -4.21. The summed E-state index contributed by atoms with van der Waals surface area (Å²) in [6.45, 7) is 1.70. The van der Waals surface area contributed by atoms with E-state index in [2.05, 4.69) is 4.99 Å². The monoisotopic (exact) mass is 534 g/mol. The predicted octanol–water partition coefficient (Wildman–Crippen LogP) is 3.87. The Bertz CT molecular complexity index is 1700. The molecule has 1 aliphatic rings. The number of methoxy groups -OCH3 is 1. The first-order chi connectivity index (χ1) is 17.9. The number of carbonyl (C=O) groups is 2. The van der Waals surface area contributed by atoms with Crippen LogP contribution in [0.15, 0.2) is 92.4 Å². The summed E-state index contributed by atoms with van der Waals surface area (Å²) in [7, 11) is 1.28. The number of nitrogens with zero attached hydrogens (tertiary/aromatic N) is 2. The Kier molecular flexibility index (Phi) is 6.64. The summed E-state index contributed by atoms with van der Waals surface area (Å²) in [5, 5.41) is 0.593. The van der Waals surface area contributed by atoms with Crippen molar-refractivity contribution in [1.29, 1.82) is 0 Å². The van der Waals surface area contributed by atoms with Crippen molar-refractivity contribution in [3.05, 3.63) is 120 Å². The van der Waals surface area contributed by atoms with Gasteiger partial charge in [-0.2, -0.15) is 0 Å². The molecular weight excluding hydrogens is 516 g/mol. The number of ether oxygens (including phenoxy) is 2. The topological polar surface area (TPSA) is 100 Å². The van der Waals surface area contributed by atoms with Gasteiger partial charge < -0.3 is 13.9 Å². The predicted molar refractivity (Wildman–Crippen MR) is 137 cm³/mol. The number of benzene rings is 2. The van der Waals surface area contributed by atoms with Gasteiger partial charge in [-0.3, -0.25) is 9.36 Å². The first-order valence-electron chi connectivity index (χ1n) is 11.1. The zero-order valence-electron chi connectivity index (χ0n) is 19.6. The number of allylic oxidation sites excluding steroid dienone is 1. The van der Waals surface area contributed by atoms with Crippen molar-refractivity contribution in [3.8, 4) is 5.75 Å². The fourth-order valence-electron chi connectivity index (χ4n) is 3.99. The van der Waals surface area contributed by atoms with E-state index in [0.717, 1.165) is 5.56 Å². The van der Waals surface area contributed by atoms with Gasteiger partial charge >= 0.3 is 11.9 Å². The summed E-state index contributed by atoms with van der Waals surface area (Å²) in [4.78, 5) is 43.6. The number of hydrogen-bond donors (Lipinski definition) is 0. The Balaban J connectivity index is 1.58. The lowest BCUT2D eigenvalue weighted by Gasteiger charge is -2.24. The van der Waals surface area contributed by atoms with Gasteiger partial charge in [-0.05, 0) is 60.5 Å². The molecule has 8 nitrogen and oxygen atoms in total. The number of aromatic nitrogens is 1. The maximum absolute atomic E-state index is 13.6. The van der Waals surface area contributed by atoms with Crippen molar-refractivity contribution in [3.63, 3.8) is 0 Å². The van der Waals surface area contributed by atoms with Crippen molar-refractivity contribution in [2.75, 3.05) is 7.11 Å². The highest BCUT2D eigenvalue weighted by atomic mass is 35.5. The second-order valence-electron chi connectivity index (χ2n) is 8.06. The highest BCUT2D eigenvalue weighted by Crippen LogP contribution is 2.31. The summed E-state index contributed by atoms with van der Waals surface area (Å²) in [6.07, 6.45) is 3.14. The zero-order valence-corrected chi connectivity index (χ0v) is 21.2. The van der Waals surface area contributed by atoms with Crippen LogP contribution in [0.2, 0.25) is 5.02 Å². The number of halogens is 1. The molecule has 1 aliphatic heterocycles. The fraction of sp³-hybridized carbons (Fsp3) is 0.111. The molecule has 0 amide bonds. The molecule has 5 rings (SSSR count). The number of thiazole rings is 1. The van der Waals surface area contributed by atoms with Crippen molar-refractivity contribution in [2.45, 2.75) is 13.0 Å². The highest BCUT2D eigenvalue weighted by molar-refractivity contribution is 7.07. The molecular formula is C27H19ClN2O6S. The van der Waals surface area contributed by atoms with E-state index in [-0.39, 0.29) is 22.6 Å². The van der Waals surface area contributed by atoms with Crippen molar-refractivity contribution in [1.82, 2.24) is 4.57 Å². The van der Waals surface area contributed by atoms with E-state index >= 15 is 0 Å². The van der Waals surface area contributed by atoms with Crippen LogP contribution in [-0.2, 0) is 9.53 Å². The van der Waals surface area contributed by atoms with Crippen LogP contribution in [0.1, 0.15) is 34.6 Å². The fourth-order valence-corrected chi connectivity index (χ4v) is 5.16. The first-order valence-corrected chi connectivity index (χ1v) is 12.3. The Morgan fingerprint density at radius 1 is 1.08 bits per heavy atom. The van der Waals surface area contributed by atoms with Crippen LogP contribution in [0.3, 0.4) is 0 Å². The van der Waals surface area contributed by atoms with Gasteiger partial charge in [0.15, 0.2) is 4.80 Å². The Labute approximate surface area is 219 Å². The number of fused-ring (bicyclic) bond motifs is 1. The molecule has 0 saturated heterocycles. The lowest BCUT2D eigenvalue weighted by atomic mass is 9.96. The average Bonchev–Trinajstić information content (AvgIpc) is 3.54. The third kappa shape index (κ3) is 4.78. The van der Waals surface area contributed by atoms with E-state index in [0.29, 0.717) is 25.6 Å². The van der Waals surface area contributed by atoms with Gasteiger partial charge in [0.2, 0.25) is 5.76 Å². The van der Waals surface area contributed by atoms with Crippen LogP contribution in [0.25, 0.3) is 6.08 Å². The van der Waals surface area contributed by atoms with Crippen LogP contribution < -0.4 is 19.6 Å². The lowest BCUT2D eigenvalue weighted by molar-refractivity contribution is -0.136. The second kappa shape index (κ2) is 10.0. The largest absolute Gasteiger partial charge is 0.466 e. The zero-order chi connectivity index (χ0) is 26.1. The van der Waals surface area contributed by atoms with Crippen LogP contribution in [-0.4, -0.2) is 23.6 Å². The van der Waals surface area contributed by atoms with Gasteiger partial charge in [0.1, 0.15) is 5.75 Å². The summed E-state index contributed by atoms with van der Waals surface area (Å²) < 4.78 is 17.4. The van der Waals surface area contributed by atoms with E-state index in [1.165, 1.54) is 35.3 Å². The molecule has 0 N–H and O–H groups in total. The van der Waals surface area contributed by atoms with Gasteiger partial charge in [0.25, 0.3) is 5.56 Å². The molecule has 186 valence electrons. The van der Waals surface area contributed by atoms with Gasteiger partial charge in [-0.25, -0.2) is 14.6 Å². The molecule has 37 heavy (non-hydrogen) atoms. The van der Waals surface area contributed by atoms with Gasteiger partial charge in [-0.1, -0.05) is 47.2 Å². The minimum Gasteiger partial charge on any atom is -0.466 e. The molecule has 0 aliphatic carbocycles. The molecule has 1 atom stereocenters. The molecule has 3 heterocycles. The smallest absolute Gasteiger partial charge is 0.379 e. The van der Waals surface area contributed by atoms with E-state index in [9.17, 15) is 14.4 Å². The molecule has 2 aromatic carbocycles. The average molecular weight is 535 g/mol. The molecule has 0 saturated carbocycles. The molecule has 4 aromatic rings. The van der Waals surface area contributed by atoms with Gasteiger partial charge in [0, 0.05) is 5.02 Å². The normalized spacial score (nSPS) is 15.2. The van der Waals surface area contributed by atoms with E-state index < -0.39 is 18.0 Å². The number of hydrogen-bond acceptors (Lipinski definition) is 8. The standard InChI is InChI=1S/C27H19ClN2O6S/c1-15-22(26(33)34-2)23(17-7-11-19(12-8-17)36-25(32)20-4-3-13-35-20)30-24(31)21(37-27(30)29-15)14-16-5-9-18(28)10-6-16/h3-14,23H,1-2H3. The van der Waals surface area contributed by atoms with Gasteiger partial charge in [0.05, 0.1) is 35.2 Å². The minimum atomic E-state index is -0.786. The number of carbonyl (C=O) groups excluding carboxylic acids is 2. The van der Waals surface area contributed by atoms with E-state index in [1.807, 2.05) is 12.1 Å². The molecule has 0 radical (unpaired) electrons. The summed E-state index contributed by atoms with van der Waals surface area (Å²) >= 11 is 7.21. The minimum absolute atomic E-state index is 0.0726. The molecule has 1 unspecified atom stereocenters. The Morgan fingerprint density at radius 3 is 2.46 bits per heavy atom. The molecule has 2 aromatic heterocycles. The number of rotatable bonds is 5. The molecule has 0 bridgehead atoms. The third-order valence-corrected chi connectivity index (χ3v) is 6.96. The molecule has 0 spiro atoms. The highest BCUT2D eigenvalue weighted by Gasteiger charge is 2.33. The van der Waals surface area contributed by atoms with E-state index in [4.69, 9.17) is 25.5 Å². The third-order valence-electron chi connectivity index (χ3n) is 5.72. The summed E-state index contributed by atoms with van der Waals surface area (Å²) in [5.41, 5.74) is 1.81. The van der Waals surface area contributed by atoms with Crippen LogP contribution in [0.5, 0.6) is 5.75 Å². The lowest BCUT2D eigenvalue weighted by Crippen LogP contribution is -2.39. The van der Waals surface area contributed by atoms with Crippen LogP contribution in [0.4, 0.5) is 0 Å². The quantitative estimate of drug-likeness (QED) is 0.285. The first kappa shape index (κ1) is 24.5. The van der Waals surface area contributed by atoms with Crippen molar-refractivity contribution >= 4 is 41.0 Å². The van der Waals surface area contributed by atoms with Crippen molar-refractivity contribution < 1.29 is 23.5 Å². The molecule has 10 heteroatoms. The number of esters is 2. The summed E-state index contributed by atoms with van der Waals surface area (Å²) in [6, 6.07) is 16.0.